The second-order valence-electron chi connectivity index (χ2n) is 5.87. The molecular weight excluding hydrogens is 367 g/mol. The molecule has 1 N–H and O–H groups in total. The van der Waals surface area contributed by atoms with Crippen LogP contribution in [-0.2, 0) is 11.8 Å². The van der Waals surface area contributed by atoms with Crippen LogP contribution in [0.25, 0.3) is 11.4 Å². The van der Waals surface area contributed by atoms with Gasteiger partial charge in [0, 0.05) is 12.7 Å². The second-order valence-corrected chi connectivity index (χ2v) is 6.81. The van der Waals surface area contributed by atoms with Gasteiger partial charge in [0.05, 0.1) is 18.4 Å². The molecule has 0 fully saturated rings. The quantitative estimate of drug-likeness (QED) is 0.655. The standard InChI is InChI=1S/C19H19FN4O2S/c1-12-8-9-13(10-15(12)20)21-17(25)11-27-19-23-22-18(24(19)2)14-6-4-5-7-16(14)26-3/h4-10H,11H2,1-3H3,(H,21,25). The molecular formula is C19H19FN4O2S. The zero-order valence-electron chi connectivity index (χ0n) is 15.2. The fourth-order valence-corrected chi connectivity index (χ4v) is 3.21. The summed E-state index contributed by atoms with van der Waals surface area (Å²) in [5.41, 5.74) is 1.78. The molecule has 0 aliphatic heterocycles. The highest BCUT2D eigenvalue weighted by Gasteiger charge is 2.16. The van der Waals surface area contributed by atoms with Gasteiger partial charge in [-0.2, -0.15) is 0 Å². The first-order valence-corrected chi connectivity index (χ1v) is 9.19. The molecule has 0 bridgehead atoms. The highest BCUT2D eigenvalue weighted by atomic mass is 32.2. The third-order valence-corrected chi connectivity index (χ3v) is 4.99. The molecule has 27 heavy (non-hydrogen) atoms. The van der Waals surface area contributed by atoms with E-state index in [1.165, 1.54) is 17.8 Å². The number of halogens is 1. The van der Waals surface area contributed by atoms with E-state index < -0.39 is 0 Å². The summed E-state index contributed by atoms with van der Waals surface area (Å²) in [7, 11) is 3.43. The van der Waals surface area contributed by atoms with Gasteiger partial charge in [-0.3, -0.25) is 4.79 Å². The van der Waals surface area contributed by atoms with Gasteiger partial charge in [-0.1, -0.05) is 30.0 Å². The summed E-state index contributed by atoms with van der Waals surface area (Å²) in [6, 6.07) is 12.1. The number of amides is 1. The van der Waals surface area contributed by atoms with Gasteiger partial charge in [-0.05, 0) is 36.8 Å². The number of aromatic nitrogens is 3. The SMILES string of the molecule is COc1ccccc1-c1nnc(SCC(=O)Nc2ccc(C)c(F)c2)n1C. The van der Waals surface area contributed by atoms with Gasteiger partial charge in [-0.15, -0.1) is 10.2 Å². The van der Waals surface area contributed by atoms with E-state index in [1.807, 2.05) is 31.3 Å². The molecule has 1 aromatic heterocycles. The van der Waals surface area contributed by atoms with Crippen molar-refractivity contribution < 1.29 is 13.9 Å². The number of methoxy groups -OCH3 is 1. The van der Waals surface area contributed by atoms with Crippen molar-refractivity contribution in [2.75, 3.05) is 18.2 Å². The number of nitrogens with one attached hydrogen (secondary N) is 1. The van der Waals surface area contributed by atoms with Crippen LogP contribution >= 0.6 is 11.8 Å². The van der Waals surface area contributed by atoms with E-state index in [-0.39, 0.29) is 17.5 Å². The third kappa shape index (κ3) is 4.28. The number of thioether (sulfide) groups is 1. The Labute approximate surface area is 160 Å². The Kier molecular flexibility index (Phi) is 5.75. The largest absolute Gasteiger partial charge is 0.496 e. The highest BCUT2D eigenvalue weighted by Crippen LogP contribution is 2.30. The van der Waals surface area contributed by atoms with Crippen molar-refractivity contribution >= 4 is 23.4 Å². The first kappa shape index (κ1) is 18.9. The number of nitrogens with zero attached hydrogens (tertiary/aromatic N) is 3. The Hall–Kier alpha value is -2.87. The maximum Gasteiger partial charge on any atom is 0.234 e. The third-order valence-electron chi connectivity index (χ3n) is 3.97. The van der Waals surface area contributed by atoms with Crippen LogP contribution in [0.3, 0.4) is 0 Å². The van der Waals surface area contributed by atoms with Crippen LogP contribution in [0.2, 0.25) is 0 Å². The first-order chi connectivity index (χ1) is 13.0. The molecule has 1 heterocycles. The van der Waals surface area contributed by atoms with Gasteiger partial charge in [-0.25, -0.2) is 4.39 Å². The van der Waals surface area contributed by atoms with Crippen LogP contribution in [0.5, 0.6) is 5.75 Å². The van der Waals surface area contributed by atoms with Crippen LogP contribution in [0.1, 0.15) is 5.56 Å². The molecule has 1 amide bonds. The van der Waals surface area contributed by atoms with Crippen molar-refractivity contribution in [1.82, 2.24) is 14.8 Å². The Morgan fingerprint density at radius 2 is 2.04 bits per heavy atom. The lowest BCUT2D eigenvalue weighted by Gasteiger charge is -2.08. The summed E-state index contributed by atoms with van der Waals surface area (Å²) in [6.07, 6.45) is 0. The number of para-hydroxylation sites is 1. The van der Waals surface area contributed by atoms with Crippen molar-refractivity contribution in [3.63, 3.8) is 0 Å². The van der Waals surface area contributed by atoms with Crippen LogP contribution in [0, 0.1) is 12.7 Å². The number of benzene rings is 2. The topological polar surface area (TPSA) is 69.0 Å². The Bertz CT molecular complexity index is 974. The van der Waals surface area contributed by atoms with E-state index in [0.29, 0.717) is 28.0 Å². The zero-order chi connectivity index (χ0) is 19.4. The van der Waals surface area contributed by atoms with E-state index in [1.54, 1.807) is 30.7 Å². The monoisotopic (exact) mass is 386 g/mol. The molecule has 0 unspecified atom stereocenters. The Morgan fingerprint density at radius 3 is 2.78 bits per heavy atom. The molecule has 0 atom stereocenters. The van der Waals surface area contributed by atoms with Crippen molar-refractivity contribution in [3.05, 3.63) is 53.8 Å². The minimum atomic E-state index is -0.352. The lowest BCUT2D eigenvalue weighted by molar-refractivity contribution is -0.113. The first-order valence-electron chi connectivity index (χ1n) is 8.21. The summed E-state index contributed by atoms with van der Waals surface area (Å²) in [5, 5.41) is 11.6. The Balaban J connectivity index is 1.67. The fourth-order valence-electron chi connectivity index (χ4n) is 2.50. The van der Waals surface area contributed by atoms with E-state index in [2.05, 4.69) is 15.5 Å². The van der Waals surface area contributed by atoms with Gasteiger partial charge < -0.3 is 14.6 Å². The number of ether oxygens (including phenoxy) is 1. The second kappa shape index (κ2) is 8.22. The molecule has 0 saturated carbocycles. The number of rotatable bonds is 6. The van der Waals surface area contributed by atoms with Crippen LogP contribution in [0.15, 0.2) is 47.6 Å². The molecule has 0 saturated heterocycles. The van der Waals surface area contributed by atoms with Crippen LogP contribution in [-0.4, -0.2) is 33.5 Å². The molecule has 0 spiro atoms. The van der Waals surface area contributed by atoms with E-state index >= 15 is 0 Å². The van der Waals surface area contributed by atoms with Crippen LogP contribution in [0.4, 0.5) is 10.1 Å². The van der Waals surface area contributed by atoms with E-state index in [4.69, 9.17) is 4.74 Å². The molecule has 0 radical (unpaired) electrons. The van der Waals surface area contributed by atoms with Crippen molar-refractivity contribution in [2.24, 2.45) is 7.05 Å². The Morgan fingerprint density at radius 1 is 1.26 bits per heavy atom. The predicted molar refractivity (Wildman–Crippen MR) is 103 cm³/mol. The summed E-state index contributed by atoms with van der Waals surface area (Å²) >= 11 is 1.25. The van der Waals surface area contributed by atoms with Crippen molar-refractivity contribution in [3.8, 4) is 17.1 Å². The average Bonchev–Trinajstić information content (AvgIpc) is 3.03. The molecule has 2 aromatic carbocycles. The van der Waals surface area contributed by atoms with Crippen molar-refractivity contribution in [1.29, 1.82) is 0 Å². The smallest absolute Gasteiger partial charge is 0.234 e. The molecule has 3 rings (SSSR count). The van der Waals surface area contributed by atoms with Gasteiger partial charge in [0.15, 0.2) is 11.0 Å². The minimum absolute atomic E-state index is 0.132. The van der Waals surface area contributed by atoms with Gasteiger partial charge in [0.25, 0.3) is 0 Å². The van der Waals surface area contributed by atoms with E-state index in [0.717, 1.165) is 5.56 Å². The van der Waals surface area contributed by atoms with Gasteiger partial charge in [0.1, 0.15) is 11.6 Å². The van der Waals surface area contributed by atoms with E-state index in [9.17, 15) is 9.18 Å². The maximum atomic E-state index is 13.6. The van der Waals surface area contributed by atoms with Crippen molar-refractivity contribution in [2.45, 2.75) is 12.1 Å². The summed E-state index contributed by atoms with van der Waals surface area (Å²) < 4.78 is 20.7. The molecule has 3 aromatic rings. The number of carbonyl (C=O) groups is 1. The summed E-state index contributed by atoms with van der Waals surface area (Å²) in [4.78, 5) is 12.1. The zero-order valence-corrected chi connectivity index (χ0v) is 16.0. The lowest BCUT2D eigenvalue weighted by Crippen LogP contribution is -2.14. The van der Waals surface area contributed by atoms with Crippen LogP contribution < -0.4 is 10.1 Å². The number of hydrogen-bond donors (Lipinski definition) is 1. The maximum absolute atomic E-state index is 13.6. The highest BCUT2D eigenvalue weighted by molar-refractivity contribution is 7.99. The number of anilines is 1. The summed E-state index contributed by atoms with van der Waals surface area (Å²) in [6.45, 7) is 1.67. The molecule has 140 valence electrons. The number of aryl methyl sites for hydroxylation is 1. The number of hydrogen-bond acceptors (Lipinski definition) is 5. The summed E-state index contributed by atoms with van der Waals surface area (Å²) in [5.74, 6) is 0.882. The molecule has 8 heteroatoms. The minimum Gasteiger partial charge on any atom is -0.496 e. The lowest BCUT2D eigenvalue weighted by atomic mass is 10.2. The fraction of sp³-hybridized carbons (Fsp3) is 0.211. The number of carbonyl (C=O) groups excluding carboxylic acids is 1. The van der Waals surface area contributed by atoms with Gasteiger partial charge >= 0.3 is 0 Å². The average molecular weight is 386 g/mol. The van der Waals surface area contributed by atoms with Gasteiger partial charge in [0.2, 0.25) is 5.91 Å². The molecule has 0 aliphatic rings. The normalized spacial score (nSPS) is 10.7. The molecule has 6 nitrogen and oxygen atoms in total. The predicted octanol–water partition coefficient (Wildman–Crippen LogP) is 3.67. The molecule has 0 aliphatic carbocycles.